The Balaban J connectivity index is 3.80. The van der Waals surface area contributed by atoms with Crippen molar-refractivity contribution in [3.63, 3.8) is 0 Å². The molecule has 0 spiro atoms. The lowest BCUT2D eigenvalue weighted by atomic mass is 10.2. The van der Waals surface area contributed by atoms with E-state index in [0.29, 0.717) is 0 Å². The molecule has 4 heteroatoms. The molecule has 0 aliphatic rings. The van der Waals surface area contributed by atoms with Gasteiger partial charge in [-0.15, -0.1) is 0 Å². The number of carbonyl (C=O) groups excluding carboxylic acids is 1. The van der Waals surface area contributed by atoms with Crippen LogP contribution in [0.2, 0.25) is 0 Å². The van der Waals surface area contributed by atoms with Gasteiger partial charge in [0.25, 0.3) is 0 Å². The van der Waals surface area contributed by atoms with E-state index in [1.54, 1.807) is 0 Å². The molecule has 0 fully saturated rings. The number of carbonyl (C=O) groups is 1. The van der Waals surface area contributed by atoms with Crippen molar-refractivity contribution in [2.24, 2.45) is 0 Å². The van der Waals surface area contributed by atoms with Crippen molar-refractivity contribution in [1.82, 2.24) is 0 Å². The summed E-state index contributed by atoms with van der Waals surface area (Å²) in [6.45, 7) is -0.648. The van der Waals surface area contributed by atoms with Crippen LogP contribution in [0.15, 0.2) is 0 Å². The van der Waals surface area contributed by atoms with E-state index < -0.39 is 25.2 Å². The molecule has 54 valence electrons. The molecule has 0 bridgehead atoms. The minimum Gasteiger partial charge on any atom is -0.394 e. The van der Waals surface area contributed by atoms with Crippen molar-refractivity contribution in [2.45, 2.75) is 18.6 Å². The lowest BCUT2D eigenvalue weighted by Gasteiger charge is -2.11. The molecule has 0 heterocycles. The van der Waals surface area contributed by atoms with Crippen molar-refractivity contribution in [3.05, 3.63) is 0 Å². The SMILES string of the molecule is [2H][C@@H](C=O)C(O)C(O)CO. The highest BCUT2D eigenvalue weighted by Crippen LogP contribution is 1.94. The summed E-state index contributed by atoms with van der Waals surface area (Å²) in [5.41, 5.74) is 0. The molecule has 2 unspecified atom stereocenters. The third-order valence-electron chi connectivity index (χ3n) is 0.857. The maximum absolute atomic E-state index is 9.83. The number of rotatable bonds is 4. The first kappa shape index (κ1) is 6.67. The molecule has 0 amide bonds. The highest BCUT2D eigenvalue weighted by Gasteiger charge is 2.13. The summed E-state index contributed by atoms with van der Waals surface area (Å²) in [4.78, 5) is 9.83. The van der Waals surface area contributed by atoms with Gasteiger partial charge in [0, 0.05) is 7.77 Å². The molecule has 0 aliphatic heterocycles. The van der Waals surface area contributed by atoms with Crippen molar-refractivity contribution in [1.29, 1.82) is 0 Å². The topological polar surface area (TPSA) is 77.8 Å². The quantitative estimate of drug-likeness (QED) is 0.401. The van der Waals surface area contributed by atoms with Gasteiger partial charge in [-0.1, -0.05) is 0 Å². The van der Waals surface area contributed by atoms with Gasteiger partial charge in [0.1, 0.15) is 12.4 Å². The van der Waals surface area contributed by atoms with E-state index in [1.807, 2.05) is 0 Å². The first-order valence-electron chi connectivity index (χ1n) is 3.05. The van der Waals surface area contributed by atoms with Crippen LogP contribution in [0.25, 0.3) is 0 Å². The molecular weight excluding hydrogens is 124 g/mol. The highest BCUT2D eigenvalue weighted by atomic mass is 16.4. The van der Waals surface area contributed by atoms with Gasteiger partial charge in [0.05, 0.1) is 12.7 Å². The second-order valence-corrected chi connectivity index (χ2v) is 1.57. The lowest BCUT2D eigenvalue weighted by Crippen LogP contribution is -2.29. The van der Waals surface area contributed by atoms with E-state index in [1.165, 1.54) is 0 Å². The van der Waals surface area contributed by atoms with Crippen molar-refractivity contribution >= 4 is 6.29 Å². The Bertz CT molecular complexity index is 108. The van der Waals surface area contributed by atoms with Crippen LogP contribution in [0, 0.1) is 0 Å². The summed E-state index contributed by atoms with van der Waals surface area (Å²) in [5, 5.41) is 25.6. The van der Waals surface area contributed by atoms with Crippen LogP contribution in [0.5, 0.6) is 0 Å². The molecule has 3 atom stereocenters. The fourth-order valence-corrected chi connectivity index (χ4v) is 0.317. The minimum absolute atomic E-state index is 0.198. The van der Waals surface area contributed by atoms with Gasteiger partial charge >= 0.3 is 0 Å². The zero-order valence-corrected chi connectivity index (χ0v) is 4.77. The maximum Gasteiger partial charge on any atom is 0.122 e. The first-order valence-corrected chi connectivity index (χ1v) is 2.48. The second kappa shape index (κ2) is 4.43. The predicted molar refractivity (Wildman–Crippen MR) is 29.8 cm³/mol. The van der Waals surface area contributed by atoms with E-state index in [-0.39, 0.29) is 6.29 Å². The minimum atomic E-state index is -1.50. The summed E-state index contributed by atoms with van der Waals surface area (Å²) in [6, 6.07) is 0. The standard InChI is InChI=1S/C5H10O4/c6-2-1-4(8)5(9)3-7/h2,4-5,7-9H,1,3H2/i1D/t1-,4?,5?/m0/s1. The van der Waals surface area contributed by atoms with Crippen LogP contribution in [0.3, 0.4) is 0 Å². The molecule has 9 heavy (non-hydrogen) atoms. The van der Waals surface area contributed by atoms with Gasteiger partial charge in [-0.3, -0.25) is 0 Å². The monoisotopic (exact) mass is 135 g/mol. The van der Waals surface area contributed by atoms with Gasteiger partial charge < -0.3 is 20.1 Å². The number of aliphatic hydroxyl groups excluding tert-OH is 3. The highest BCUT2D eigenvalue weighted by molar-refractivity contribution is 5.50. The molecule has 0 saturated heterocycles. The number of aliphatic hydroxyl groups is 3. The van der Waals surface area contributed by atoms with Gasteiger partial charge in [-0.05, 0) is 0 Å². The molecule has 0 rings (SSSR count). The van der Waals surface area contributed by atoms with Crippen LogP contribution in [-0.2, 0) is 4.79 Å². The van der Waals surface area contributed by atoms with Crippen LogP contribution in [-0.4, -0.2) is 40.4 Å². The van der Waals surface area contributed by atoms with Gasteiger partial charge in [-0.2, -0.15) is 0 Å². The summed E-state index contributed by atoms with van der Waals surface area (Å²) >= 11 is 0. The third-order valence-corrected chi connectivity index (χ3v) is 0.857. The summed E-state index contributed by atoms with van der Waals surface area (Å²) in [6.07, 6.45) is -4.10. The smallest absolute Gasteiger partial charge is 0.122 e. The van der Waals surface area contributed by atoms with Crippen molar-refractivity contribution < 1.29 is 21.5 Å². The largest absolute Gasteiger partial charge is 0.394 e. The van der Waals surface area contributed by atoms with Crippen LogP contribution >= 0.6 is 0 Å². The Morgan fingerprint density at radius 3 is 2.44 bits per heavy atom. The molecule has 0 aliphatic carbocycles. The number of aldehydes is 1. The van der Waals surface area contributed by atoms with E-state index in [0.717, 1.165) is 0 Å². The van der Waals surface area contributed by atoms with Crippen molar-refractivity contribution in [3.8, 4) is 0 Å². The van der Waals surface area contributed by atoms with Crippen LogP contribution in [0.4, 0.5) is 0 Å². The normalized spacial score (nSPS) is 21.9. The van der Waals surface area contributed by atoms with Gasteiger partial charge in [-0.25, -0.2) is 0 Å². The summed E-state index contributed by atoms with van der Waals surface area (Å²) < 4.78 is 6.77. The molecule has 0 aromatic heterocycles. The summed E-state index contributed by atoms with van der Waals surface area (Å²) in [5.74, 6) is 0. The molecule has 0 aromatic rings. The van der Waals surface area contributed by atoms with Crippen molar-refractivity contribution in [2.75, 3.05) is 6.61 Å². The average Bonchev–Trinajstić information content (AvgIpc) is 2.00. The molecule has 0 aromatic carbocycles. The number of hydrogen-bond donors (Lipinski definition) is 3. The van der Waals surface area contributed by atoms with Crippen LogP contribution < -0.4 is 0 Å². The Morgan fingerprint density at radius 1 is 1.56 bits per heavy atom. The predicted octanol–water partition coefficient (Wildman–Crippen LogP) is -1.71. The van der Waals surface area contributed by atoms with Crippen LogP contribution in [0.1, 0.15) is 7.77 Å². The Hall–Kier alpha value is -0.450. The molecule has 4 nitrogen and oxygen atoms in total. The van der Waals surface area contributed by atoms with E-state index >= 15 is 0 Å². The fraction of sp³-hybridized carbons (Fsp3) is 0.800. The summed E-state index contributed by atoms with van der Waals surface area (Å²) in [7, 11) is 0. The average molecular weight is 135 g/mol. The van der Waals surface area contributed by atoms with Gasteiger partial charge in [0.2, 0.25) is 0 Å². The first-order chi connectivity index (χ1) is 4.63. The lowest BCUT2D eigenvalue weighted by molar-refractivity contribution is -0.111. The fourth-order valence-electron chi connectivity index (χ4n) is 0.317. The maximum atomic E-state index is 9.83. The van der Waals surface area contributed by atoms with E-state index in [4.69, 9.17) is 16.7 Å². The molecule has 0 saturated carbocycles. The number of hydrogen-bond acceptors (Lipinski definition) is 4. The molecule has 0 radical (unpaired) electrons. The molecular formula is C5H10O4. The zero-order valence-electron chi connectivity index (χ0n) is 5.77. The van der Waals surface area contributed by atoms with E-state index in [2.05, 4.69) is 0 Å². The Morgan fingerprint density at radius 2 is 2.11 bits per heavy atom. The third kappa shape index (κ3) is 3.18. The Labute approximate surface area is 54.1 Å². The van der Waals surface area contributed by atoms with Gasteiger partial charge in [0.15, 0.2) is 0 Å². The zero-order chi connectivity index (χ0) is 8.15. The van der Waals surface area contributed by atoms with E-state index in [9.17, 15) is 4.79 Å². The molecule has 3 N–H and O–H groups in total. The Kier molecular flexibility index (Phi) is 3.28. The second-order valence-electron chi connectivity index (χ2n) is 1.57.